The predicted octanol–water partition coefficient (Wildman–Crippen LogP) is 3.99. The molecule has 0 spiro atoms. The fourth-order valence-electron chi connectivity index (χ4n) is 2.07. The van der Waals surface area contributed by atoms with Gasteiger partial charge in [0.05, 0.1) is 13.2 Å². The van der Waals surface area contributed by atoms with Crippen LogP contribution in [-0.4, -0.2) is 32.2 Å². The quantitative estimate of drug-likeness (QED) is 0.323. The Labute approximate surface area is 137 Å². The van der Waals surface area contributed by atoms with Crippen molar-refractivity contribution in [3.63, 3.8) is 0 Å². The smallest absolute Gasteiger partial charge is 0.251 e. The molecule has 0 heterocycles. The van der Waals surface area contributed by atoms with E-state index in [-0.39, 0.29) is 5.91 Å². The average molecular weight is 318 g/mol. The highest BCUT2D eigenvalue weighted by Gasteiger charge is 2.11. The molecule has 0 saturated heterocycles. The minimum Gasteiger partial charge on any atom is -0.379 e. The van der Waals surface area contributed by atoms with Crippen LogP contribution in [0.3, 0.4) is 0 Å². The molecule has 0 saturated carbocycles. The number of benzene rings is 1. The molecular formula is C17H26N4O2. The summed E-state index contributed by atoms with van der Waals surface area (Å²) >= 11 is 0. The first-order valence-corrected chi connectivity index (χ1v) is 7.97. The van der Waals surface area contributed by atoms with Crippen molar-refractivity contribution in [2.24, 2.45) is 5.11 Å². The molecule has 6 heteroatoms. The first-order chi connectivity index (χ1) is 11.0. The van der Waals surface area contributed by atoms with E-state index in [1.807, 2.05) is 12.1 Å². The van der Waals surface area contributed by atoms with Crippen LogP contribution in [0, 0.1) is 0 Å². The number of carbonyl (C=O) groups is 1. The second-order valence-corrected chi connectivity index (χ2v) is 6.02. The summed E-state index contributed by atoms with van der Waals surface area (Å²) in [5, 5.41) is 6.23. The lowest BCUT2D eigenvalue weighted by Crippen LogP contribution is -2.27. The van der Waals surface area contributed by atoms with Crippen molar-refractivity contribution in [2.75, 3.05) is 26.3 Å². The molecule has 0 radical (unpaired) electrons. The van der Waals surface area contributed by atoms with Gasteiger partial charge in [-0.05, 0) is 40.6 Å². The normalized spacial score (nSPS) is 10.7. The number of amides is 1. The molecule has 1 aromatic carbocycles. The highest BCUT2D eigenvalue weighted by molar-refractivity contribution is 5.94. The molecule has 0 atom stereocenters. The van der Waals surface area contributed by atoms with E-state index in [0.717, 1.165) is 0 Å². The van der Waals surface area contributed by atoms with Crippen LogP contribution >= 0.6 is 0 Å². The maximum absolute atomic E-state index is 12.3. The van der Waals surface area contributed by atoms with Gasteiger partial charge >= 0.3 is 0 Å². The second kappa shape index (κ2) is 9.87. The molecule has 6 nitrogen and oxygen atoms in total. The number of ether oxygens (including phenoxy) is 1. The Balaban J connectivity index is 2.59. The maximum atomic E-state index is 12.3. The number of nitrogens with one attached hydrogen (secondary N) is 1. The van der Waals surface area contributed by atoms with Gasteiger partial charge in [0.2, 0.25) is 0 Å². The number of hydrogen-bond acceptors (Lipinski definition) is 3. The van der Waals surface area contributed by atoms with Crippen LogP contribution in [0.25, 0.3) is 10.4 Å². The van der Waals surface area contributed by atoms with Crippen LogP contribution in [0.1, 0.15) is 61.0 Å². The lowest BCUT2D eigenvalue weighted by Gasteiger charge is -2.14. The number of nitrogens with zero attached hydrogens (tertiary/aromatic N) is 3. The van der Waals surface area contributed by atoms with E-state index in [1.165, 1.54) is 11.1 Å². The van der Waals surface area contributed by atoms with Crippen molar-refractivity contribution in [2.45, 2.75) is 39.5 Å². The topological polar surface area (TPSA) is 87.1 Å². The number of azide groups is 1. The van der Waals surface area contributed by atoms with Gasteiger partial charge in [0.15, 0.2) is 0 Å². The molecule has 0 aliphatic rings. The maximum Gasteiger partial charge on any atom is 0.251 e. The molecule has 0 aromatic heterocycles. The van der Waals surface area contributed by atoms with Gasteiger partial charge in [-0.25, -0.2) is 0 Å². The van der Waals surface area contributed by atoms with Crippen LogP contribution in [0.2, 0.25) is 0 Å². The Bertz CT molecular complexity index is 537. The number of rotatable bonds is 9. The Hall–Kier alpha value is -2.04. The molecule has 23 heavy (non-hydrogen) atoms. The van der Waals surface area contributed by atoms with Crippen molar-refractivity contribution in [3.05, 3.63) is 45.3 Å². The standard InChI is InChI=1S/C17H26N4O2/c1-12(2)14-9-15(13(3)4)11-16(10-14)17(22)19-5-7-23-8-6-20-21-18/h9-13H,5-8H2,1-4H3,(H,19,22). The highest BCUT2D eigenvalue weighted by atomic mass is 16.5. The van der Waals surface area contributed by atoms with E-state index in [1.54, 1.807) is 0 Å². The molecule has 126 valence electrons. The van der Waals surface area contributed by atoms with Gasteiger partial charge in [-0.3, -0.25) is 4.79 Å². The van der Waals surface area contributed by atoms with Gasteiger partial charge in [0, 0.05) is 23.6 Å². The van der Waals surface area contributed by atoms with Crippen LogP contribution in [0.4, 0.5) is 0 Å². The second-order valence-electron chi connectivity index (χ2n) is 6.02. The largest absolute Gasteiger partial charge is 0.379 e. The molecule has 0 unspecified atom stereocenters. The third-order valence-corrected chi connectivity index (χ3v) is 3.50. The predicted molar refractivity (Wildman–Crippen MR) is 91.8 cm³/mol. The van der Waals surface area contributed by atoms with Gasteiger partial charge < -0.3 is 10.1 Å². The zero-order chi connectivity index (χ0) is 17.2. The van der Waals surface area contributed by atoms with Crippen LogP contribution < -0.4 is 5.32 Å². The number of hydrogen-bond donors (Lipinski definition) is 1. The summed E-state index contributed by atoms with van der Waals surface area (Å²) in [4.78, 5) is 14.9. The van der Waals surface area contributed by atoms with E-state index in [2.05, 4.69) is 49.1 Å². The zero-order valence-corrected chi connectivity index (χ0v) is 14.4. The summed E-state index contributed by atoms with van der Waals surface area (Å²) in [6, 6.07) is 6.08. The van der Waals surface area contributed by atoms with Gasteiger partial charge in [-0.2, -0.15) is 0 Å². The van der Waals surface area contributed by atoms with Crippen molar-refractivity contribution in [1.29, 1.82) is 0 Å². The monoisotopic (exact) mass is 318 g/mol. The van der Waals surface area contributed by atoms with Crippen LogP contribution in [0.15, 0.2) is 23.3 Å². The van der Waals surface area contributed by atoms with Gasteiger partial charge in [-0.15, -0.1) is 0 Å². The van der Waals surface area contributed by atoms with Crippen molar-refractivity contribution in [3.8, 4) is 0 Å². The molecule has 0 bridgehead atoms. The minimum atomic E-state index is -0.0898. The SMILES string of the molecule is CC(C)c1cc(C(=O)NCCOCCN=[N+]=[N-])cc(C(C)C)c1. The summed E-state index contributed by atoms with van der Waals surface area (Å²) in [5.74, 6) is 0.668. The molecule has 0 aliphatic carbocycles. The van der Waals surface area contributed by atoms with Crippen LogP contribution in [0.5, 0.6) is 0 Å². The fourth-order valence-corrected chi connectivity index (χ4v) is 2.07. The molecular weight excluding hydrogens is 292 g/mol. The molecule has 1 N–H and O–H groups in total. The van der Waals surface area contributed by atoms with Crippen LogP contribution in [-0.2, 0) is 4.74 Å². The lowest BCUT2D eigenvalue weighted by atomic mass is 9.93. The van der Waals surface area contributed by atoms with Crippen molar-refractivity contribution < 1.29 is 9.53 Å². The molecule has 0 fully saturated rings. The van der Waals surface area contributed by atoms with Gasteiger partial charge in [0.1, 0.15) is 0 Å². The zero-order valence-electron chi connectivity index (χ0n) is 14.4. The van der Waals surface area contributed by atoms with Gasteiger partial charge in [-0.1, -0.05) is 38.9 Å². The number of carbonyl (C=O) groups excluding carboxylic acids is 1. The molecule has 1 aromatic rings. The summed E-state index contributed by atoms with van der Waals surface area (Å²) in [7, 11) is 0. The van der Waals surface area contributed by atoms with Crippen molar-refractivity contribution >= 4 is 5.91 Å². The summed E-state index contributed by atoms with van der Waals surface area (Å²) in [6.07, 6.45) is 0. The third kappa shape index (κ3) is 6.72. The Morgan fingerprint density at radius 1 is 1.17 bits per heavy atom. The Kier molecular flexibility index (Phi) is 8.16. The van der Waals surface area contributed by atoms with E-state index >= 15 is 0 Å². The summed E-state index contributed by atoms with van der Waals surface area (Å²) in [6.45, 7) is 9.99. The van der Waals surface area contributed by atoms with E-state index in [4.69, 9.17) is 10.3 Å². The van der Waals surface area contributed by atoms with Gasteiger partial charge in [0.25, 0.3) is 5.91 Å². The third-order valence-electron chi connectivity index (χ3n) is 3.50. The Morgan fingerprint density at radius 2 is 1.78 bits per heavy atom. The van der Waals surface area contributed by atoms with E-state index in [9.17, 15) is 4.79 Å². The van der Waals surface area contributed by atoms with Crippen molar-refractivity contribution in [1.82, 2.24) is 5.32 Å². The first-order valence-electron chi connectivity index (χ1n) is 7.97. The molecule has 1 amide bonds. The molecule has 1 rings (SSSR count). The fraction of sp³-hybridized carbons (Fsp3) is 0.588. The average Bonchev–Trinajstić information content (AvgIpc) is 2.53. The molecule has 0 aliphatic heterocycles. The Morgan fingerprint density at radius 3 is 2.30 bits per heavy atom. The lowest BCUT2D eigenvalue weighted by molar-refractivity contribution is 0.0919. The summed E-state index contributed by atoms with van der Waals surface area (Å²) < 4.78 is 5.27. The van der Waals surface area contributed by atoms with E-state index in [0.29, 0.717) is 43.7 Å². The highest BCUT2D eigenvalue weighted by Crippen LogP contribution is 2.23. The first kappa shape index (κ1) is 19.0. The van der Waals surface area contributed by atoms with E-state index < -0.39 is 0 Å². The summed E-state index contributed by atoms with van der Waals surface area (Å²) in [5.41, 5.74) is 11.2. The minimum absolute atomic E-state index is 0.0898.